The lowest BCUT2D eigenvalue weighted by Crippen LogP contribution is -2.42. The molecule has 32 heavy (non-hydrogen) atoms. The summed E-state index contributed by atoms with van der Waals surface area (Å²) in [4.78, 5) is 42.5. The van der Waals surface area contributed by atoms with Crippen LogP contribution in [0.4, 0.5) is 11.5 Å². The molecule has 1 aromatic carbocycles. The van der Waals surface area contributed by atoms with Crippen molar-refractivity contribution in [2.45, 2.75) is 46.8 Å². The fourth-order valence-electron chi connectivity index (χ4n) is 3.70. The highest BCUT2D eigenvalue weighted by Gasteiger charge is 2.30. The number of amides is 1. The highest BCUT2D eigenvalue weighted by molar-refractivity contribution is 6.09. The number of aromatic nitrogens is 2. The number of nitrogen functional groups attached to an aromatic ring is 1. The van der Waals surface area contributed by atoms with E-state index in [0.29, 0.717) is 24.1 Å². The van der Waals surface area contributed by atoms with E-state index in [9.17, 15) is 14.4 Å². The van der Waals surface area contributed by atoms with Gasteiger partial charge in [-0.25, -0.2) is 4.79 Å². The molecule has 0 saturated carbocycles. The molecule has 0 atom stereocenters. The molecule has 9 heteroatoms. The largest absolute Gasteiger partial charge is 0.450 e. The van der Waals surface area contributed by atoms with Gasteiger partial charge in [0.25, 0.3) is 11.5 Å². The monoisotopic (exact) mass is 442 g/mol. The number of nitrogens with two attached hydrogens (primary N) is 1. The molecular formula is C23H30N4O5. The number of H-pyrrole nitrogens is 1. The molecule has 2 aromatic heterocycles. The smallest absolute Gasteiger partial charge is 0.330 e. The van der Waals surface area contributed by atoms with Crippen molar-refractivity contribution in [1.82, 2.24) is 9.55 Å². The molecule has 3 N–H and O–H groups in total. The summed E-state index contributed by atoms with van der Waals surface area (Å²) in [7, 11) is 1.54. The molecule has 0 aliphatic carbocycles. The number of nitrogens with one attached hydrogen (secondary N) is 1. The van der Waals surface area contributed by atoms with Crippen LogP contribution in [0.1, 0.15) is 49.7 Å². The molecule has 172 valence electrons. The summed E-state index contributed by atoms with van der Waals surface area (Å²) in [5.41, 5.74) is 6.08. The maximum absolute atomic E-state index is 13.7. The SMILES string of the molecule is CCCCN(C(=O)c1oc2ccccc2c1COC)c1c(N)n(CC(C)C)c(=O)[nH]c1=O. The molecule has 3 aromatic rings. The minimum atomic E-state index is -0.707. The first-order valence-corrected chi connectivity index (χ1v) is 10.7. The van der Waals surface area contributed by atoms with Crippen LogP contribution < -0.4 is 21.9 Å². The van der Waals surface area contributed by atoms with Gasteiger partial charge in [-0.05, 0) is 18.4 Å². The molecule has 0 bridgehead atoms. The molecule has 0 fully saturated rings. The summed E-state index contributed by atoms with van der Waals surface area (Å²) in [6.45, 7) is 6.56. The summed E-state index contributed by atoms with van der Waals surface area (Å²) in [6, 6.07) is 7.29. The lowest BCUT2D eigenvalue weighted by atomic mass is 10.1. The summed E-state index contributed by atoms with van der Waals surface area (Å²) in [5.74, 6) is -0.350. The number of carbonyl (C=O) groups is 1. The van der Waals surface area contributed by atoms with E-state index in [1.807, 2.05) is 39.0 Å². The Hall–Kier alpha value is -3.33. The first kappa shape index (κ1) is 23.3. The van der Waals surface area contributed by atoms with E-state index in [0.717, 1.165) is 11.8 Å². The number of benzene rings is 1. The number of nitrogens with zero attached hydrogens (tertiary/aromatic N) is 2. The standard InChI is InChI=1S/C23H30N4O5/c1-5-6-11-26(18-20(24)27(12-14(2)3)23(30)25-21(18)28)22(29)19-16(13-31-4)15-9-7-8-10-17(15)32-19/h7-10,14H,5-6,11-13,24H2,1-4H3,(H,25,28,30). The quantitative estimate of drug-likeness (QED) is 0.525. The second-order valence-electron chi connectivity index (χ2n) is 8.15. The molecule has 3 rings (SSSR count). The van der Waals surface area contributed by atoms with Crippen LogP contribution in [0.25, 0.3) is 11.0 Å². The predicted molar refractivity (Wildman–Crippen MR) is 124 cm³/mol. The number of carbonyl (C=O) groups excluding carboxylic acids is 1. The van der Waals surface area contributed by atoms with Crippen molar-refractivity contribution in [1.29, 1.82) is 0 Å². The van der Waals surface area contributed by atoms with Crippen LogP contribution in [-0.2, 0) is 17.9 Å². The average molecular weight is 443 g/mol. The number of fused-ring (bicyclic) bond motifs is 1. The van der Waals surface area contributed by atoms with Gasteiger partial charge in [-0.1, -0.05) is 45.4 Å². The van der Waals surface area contributed by atoms with E-state index >= 15 is 0 Å². The maximum atomic E-state index is 13.7. The van der Waals surface area contributed by atoms with Gasteiger partial charge in [0.05, 0.1) is 6.61 Å². The number of rotatable bonds is 9. The van der Waals surface area contributed by atoms with Gasteiger partial charge in [-0.15, -0.1) is 0 Å². The van der Waals surface area contributed by atoms with Gasteiger partial charge < -0.3 is 14.9 Å². The Labute approximate surface area is 185 Å². The number of ether oxygens (including phenoxy) is 1. The predicted octanol–water partition coefficient (Wildman–Crippen LogP) is 3.11. The molecule has 0 unspecified atom stereocenters. The first-order chi connectivity index (χ1) is 15.3. The number of aromatic amines is 1. The highest BCUT2D eigenvalue weighted by Crippen LogP contribution is 2.29. The Balaban J connectivity index is 2.20. The number of anilines is 2. The van der Waals surface area contributed by atoms with Gasteiger partial charge in [-0.2, -0.15) is 0 Å². The minimum Gasteiger partial charge on any atom is -0.450 e. The zero-order valence-corrected chi connectivity index (χ0v) is 18.9. The summed E-state index contributed by atoms with van der Waals surface area (Å²) in [5, 5.41) is 0.764. The Kier molecular flexibility index (Phi) is 7.19. The van der Waals surface area contributed by atoms with Crippen LogP contribution in [0.3, 0.4) is 0 Å². The van der Waals surface area contributed by atoms with Crippen LogP contribution in [0.5, 0.6) is 0 Å². The maximum Gasteiger partial charge on any atom is 0.330 e. The number of para-hydroxylation sites is 1. The van der Waals surface area contributed by atoms with Gasteiger partial charge in [-0.3, -0.25) is 24.0 Å². The Morgan fingerprint density at radius 1 is 1.28 bits per heavy atom. The van der Waals surface area contributed by atoms with E-state index in [-0.39, 0.29) is 36.3 Å². The van der Waals surface area contributed by atoms with E-state index in [4.69, 9.17) is 14.9 Å². The van der Waals surface area contributed by atoms with Gasteiger partial charge in [0.2, 0.25) is 0 Å². The van der Waals surface area contributed by atoms with Crippen LogP contribution in [-0.4, -0.2) is 29.1 Å². The molecule has 2 heterocycles. The third kappa shape index (κ3) is 4.47. The lowest BCUT2D eigenvalue weighted by Gasteiger charge is -2.24. The van der Waals surface area contributed by atoms with Crippen molar-refractivity contribution >= 4 is 28.4 Å². The number of methoxy groups -OCH3 is 1. The summed E-state index contributed by atoms with van der Waals surface area (Å²) >= 11 is 0. The van der Waals surface area contributed by atoms with Crippen molar-refractivity contribution in [3.05, 3.63) is 56.4 Å². The Bertz CT molecular complexity index is 1220. The average Bonchev–Trinajstić information content (AvgIpc) is 3.11. The van der Waals surface area contributed by atoms with Crippen LogP contribution >= 0.6 is 0 Å². The number of furan rings is 1. The molecule has 1 amide bonds. The normalized spacial score (nSPS) is 11.4. The van der Waals surface area contributed by atoms with Crippen molar-refractivity contribution in [2.75, 3.05) is 24.3 Å². The fourth-order valence-corrected chi connectivity index (χ4v) is 3.70. The van der Waals surface area contributed by atoms with Gasteiger partial charge >= 0.3 is 5.69 Å². The number of unbranched alkanes of at least 4 members (excludes halogenated alkanes) is 1. The van der Waals surface area contributed by atoms with Crippen LogP contribution in [0, 0.1) is 5.92 Å². The zero-order valence-electron chi connectivity index (χ0n) is 18.9. The number of hydrogen-bond acceptors (Lipinski definition) is 6. The second kappa shape index (κ2) is 9.86. The summed E-state index contributed by atoms with van der Waals surface area (Å²) < 4.78 is 12.5. The van der Waals surface area contributed by atoms with Crippen molar-refractivity contribution in [3.63, 3.8) is 0 Å². The zero-order chi connectivity index (χ0) is 23.4. The summed E-state index contributed by atoms with van der Waals surface area (Å²) in [6.07, 6.45) is 1.42. The van der Waals surface area contributed by atoms with Crippen molar-refractivity contribution in [3.8, 4) is 0 Å². The molecule has 0 radical (unpaired) electrons. The second-order valence-corrected chi connectivity index (χ2v) is 8.15. The van der Waals surface area contributed by atoms with Gasteiger partial charge in [0.15, 0.2) is 11.4 Å². The van der Waals surface area contributed by atoms with Crippen molar-refractivity contribution < 1.29 is 13.9 Å². The van der Waals surface area contributed by atoms with E-state index in [1.54, 1.807) is 6.07 Å². The highest BCUT2D eigenvalue weighted by atomic mass is 16.5. The molecular weight excluding hydrogens is 412 g/mol. The Morgan fingerprint density at radius 2 is 2.00 bits per heavy atom. The van der Waals surface area contributed by atoms with E-state index in [1.165, 1.54) is 16.6 Å². The molecule has 0 saturated heterocycles. The molecule has 0 aliphatic heterocycles. The van der Waals surface area contributed by atoms with Crippen LogP contribution in [0.15, 0.2) is 38.3 Å². The first-order valence-electron chi connectivity index (χ1n) is 10.7. The van der Waals surface area contributed by atoms with Gasteiger partial charge in [0, 0.05) is 31.1 Å². The lowest BCUT2D eigenvalue weighted by molar-refractivity contribution is 0.0955. The molecule has 9 nitrogen and oxygen atoms in total. The van der Waals surface area contributed by atoms with E-state index < -0.39 is 17.2 Å². The topological polar surface area (TPSA) is 124 Å². The third-order valence-electron chi connectivity index (χ3n) is 5.19. The fraction of sp³-hybridized carbons (Fsp3) is 0.435. The van der Waals surface area contributed by atoms with Gasteiger partial charge in [0.1, 0.15) is 11.4 Å². The van der Waals surface area contributed by atoms with E-state index in [2.05, 4.69) is 4.98 Å². The Morgan fingerprint density at radius 3 is 2.66 bits per heavy atom. The minimum absolute atomic E-state index is 0.0405. The number of hydrogen-bond donors (Lipinski definition) is 2. The van der Waals surface area contributed by atoms with Crippen molar-refractivity contribution in [2.24, 2.45) is 5.92 Å². The van der Waals surface area contributed by atoms with Crippen LogP contribution in [0.2, 0.25) is 0 Å². The molecule has 0 aliphatic rings. The molecule has 0 spiro atoms. The third-order valence-corrected chi connectivity index (χ3v) is 5.19.